The second-order valence-electron chi connectivity index (χ2n) is 4.64. The molecule has 7 nitrogen and oxygen atoms in total. The van der Waals surface area contributed by atoms with Crippen LogP contribution in [0.1, 0.15) is 10.4 Å². The quantitative estimate of drug-likeness (QED) is 0.518. The molecular weight excluding hydrogens is 375 g/mol. The fraction of sp³-hybridized carbons (Fsp3) is 0. The van der Waals surface area contributed by atoms with Gasteiger partial charge in [-0.1, -0.05) is 34.5 Å². The molecule has 2 aromatic carbocycles. The second-order valence-corrected chi connectivity index (χ2v) is 6.48. The molecule has 122 valence electrons. The lowest BCUT2D eigenvalue weighted by Gasteiger charge is -2.06. The van der Waals surface area contributed by atoms with Crippen LogP contribution in [0.3, 0.4) is 0 Å². The van der Waals surface area contributed by atoms with Crippen LogP contribution in [0.4, 0.5) is 10.8 Å². The van der Waals surface area contributed by atoms with Crippen molar-refractivity contribution in [3.8, 4) is 0 Å². The molecule has 24 heavy (non-hydrogen) atoms. The van der Waals surface area contributed by atoms with E-state index in [2.05, 4.69) is 15.8 Å². The Labute approximate surface area is 149 Å². The average Bonchev–Trinajstić information content (AvgIpc) is 2.97. The number of nitrogens with one attached hydrogen (secondary N) is 2. The maximum absolute atomic E-state index is 12.1. The van der Waals surface area contributed by atoms with Gasteiger partial charge in [-0.25, -0.2) is 4.98 Å². The fourth-order valence-corrected chi connectivity index (χ4v) is 3.05. The lowest BCUT2D eigenvalue weighted by atomic mass is 10.2. The van der Waals surface area contributed by atoms with E-state index in [1.807, 2.05) is 0 Å². The Hall–Kier alpha value is -2.42. The van der Waals surface area contributed by atoms with Gasteiger partial charge >= 0.3 is 0 Å². The number of hydrogen-bond acceptors (Lipinski definition) is 6. The van der Waals surface area contributed by atoms with Crippen molar-refractivity contribution in [2.24, 2.45) is 0 Å². The molecule has 1 amide bonds. The molecule has 1 aromatic heterocycles. The Morgan fingerprint density at radius 1 is 1.17 bits per heavy atom. The van der Waals surface area contributed by atoms with Gasteiger partial charge in [-0.2, -0.15) is 0 Å². The van der Waals surface area contributed by atoms with Crippen LogP contribution in [-0.2, 0) is 0 Å². The van der Waals surface area contributed by atoms with Gasteiger partial charge in [-0.15, -0.1) is 0 Å². The van der Waals surface area contributed by atoms with E-state index in [1.165, 1.54) is 41.7 Å². The number of aromatic nitrogens is 1. The number of nitrogens with zero attached hydrogens (tertiary/aromatic N) is 2. The van der Waals surface area contributed by atoms with Crippen LogP contribution in [0.2, 0.25) is 10.0 Å². The Kier molecular flexibility index (Phi) is 4.52. The summed E-state index contributed by atoms with van der Waals surface area (Å²) >= 11 is 12.9. The first-order valence-corrected chi connectivity index (χ1v) is 8.07. The highest BCUT2D eigenvalue weighted by Crippen LogP contribution is 2.28. The number of benzene rings is 2. The van der Waals surface area contributed by atoms with Crippen LogP contribution in [0, 0.1) is 10.1 Å². The molecule has 2 N–H and O–H groups in total. The minimum Gasteiger partial charge on any atom is -0.273 e. The number of anilines is 1. The van der Waals surface area contributed by atoms with E-state index in [9.17, 15) is 14.9 Å². The standard InChI is InChI=1S/C14H8Cl2N4O3S/c15-9-3-1-7(5-10(9)16)13(21)18-19-14-17-11-4-2-8(20(22)23)6-12(11)24-14/h1-6H,(H,17,19)(H,18,21). The summed E-state index contributed by atoms with van der Waals surface area (Å²) in [5.41, 5.74) is 6.07. The number of amides is 1. The first-order chi connectivity index (χ1) is 11.4. The van der Waals surface area contributed by atoms with Crippen molar-refractivity contribution >= 4 is 61.5 Å². The third-order valence-electron chi connectivity index (χ3n) is 3.05. The highest BCUT2D eigenvalue weighted by atomic mass is 35.5. The van der Waals surface area contributed by atoms with E-state index in [-0.39, 0.29) is 10.7 Å². The Bertz CT molecular complexity index is 960. The molecule has 3 aromatic rings. The minimum absolute atomic E-state index is 0.0162. The summed E-state index contributed by atoms with van der Waals surface area (Å²) in [6, 6.07) is 8.86. The second kappa shape index (κ2) is 6.60. The zero-order valence-corrected chi connectivity index (χ0v) is 14.1. The molecule has 0 bridgehead atoms. The van der Waals surface area contributed by atoms with Crippen molar-refractivity contribution in [1.29, 1.82) is 0 Å². The number of carbonyl (C=O) groups is 1. The summed E-state index contributed by atoms with van der Waals surface area (Å²) in [7, 11) is 0. The van der Waals surface area contributed by atoms with Gasteiger partial charge < -0.3 is 0 Å². The number of hydrazine groups is 1. The van der Waals surface area contributed by atoms with Crippen LogP contribution >= 0.6 is 34.5 Å². The van der Waals surface area contributed by atoms with Gasteiger partial charge in [0.1, 0.15) is 0 Å². The van der Waals surface area contributed by atoms with Crippen molar-refractivity contribution in [2.45, 2.75) is 0 Å². The van der Waals surface area contributed by atoms with Crippen molar-refractivity contribution in [3.63, 3.8) is 0 Å². The molecule has 3 rings (SSSR count). The van der Waals surface area contributed by atoms with Crippen molar-refractivity contribution < 1.29 is 9.72 Å². The van der Waals surface area contributed by atoms with E-state index in [1.54, 1.807) is 6.07 Å². The van der Waals surface area contributed by atoms with Gasteiger partial charge in [0.25, 0.3) is 11.6 Å². The summed E-state index contributed by atoms with van der Waals surface area (Å²) in [6.45, 7) is 0. The lowest BCUT2D eigenvalue weighted by Crippen LogP contribution is -2.29. The summed E-state index contributed by atoms with van der Waals surface area (Å²) in [5, 5.41) is 11.8. The molecule has 0 saturated heterocycles. The zero-order valence-electron chi connectivity index (χ0n) is 11.7. The zero-order chi connectivity index (χ0) is 17.3. The number of carbonyl (C=O) groups excluding carboxylic acids is 1. The topological polar surface area (TPSA) is 97.2 Å². The van der Waals surface area contributed by atoms with Gasteiger partial charge in [-0.3, -0.25) is 25.8 Å². The Balaban J connectivity index is 1.74. The number of nitro groups is 1. The minimum atomic E-state index is -0.474. The van der Waals surface area contributed by atoms with Gasteiger partial charge in [0.15, 0.2) is 0 Å². The van der Waals surface area contributed by atoms with Crippen molar-refractivity contribution in [3.05, 3.63) is 62.1 Å². The number of halogens is 2. The first kappa shape index (κ1) is 16.4. The summed E-state index contributed by atoms with van der Waals surface area (Å²) < 4.78 is 0.635. The van der Waals surface area contributed by atoms with Gasteiger partial charge in [-0.05, 0) is 24.3 Å². The van der Waals surface area contributed by atoms with Crippen molar-refractivity contribution in [1.82, 2.24) is 10.4 Å². The molecule has 1 heterocycles. The highest BCUT2D eigenvalue weighted by molar-refractivity contribution is 7.22. The van der Waals surface area contributed by atoms with Gasteiger partial charge in [0.05, 0.1) is 25.2 Å². The molecule has 0 atom stereocenters. The summed E-state index contributed by atoms with van der Waals surface area (Å²) in [4.78, 5) is 26.6. The molecule has 0 aliphatic rings. The number of thiazole rings is 1. The first-order valence-electron chi connectivity index (χ1n) is 6.50. The molecule has 0 unspecified atom stereocenters. The average molecular weight is 383 g/mol. The van der Waals surface area contributed by atoms with Crippen LogP contribution in [-0.4, -0.2) is 15.8 Å². The maximum atomic E-state index is 12.1. The van der Waals surface area contributed by atoms with Crippen LogP contribution < -0.4 is 10.9 Å². The fourth-order valence-electron chi connectivity index (χ4n) is 1.90. The van der Waals surface area contributed by atoms with Crippen LogP contribution in [0.15, 0.2) is 36.4 Å². The van der Waals surface area contributed by atoms with Gasteiger partial charge in [0.2, 0.25) is 5.13 Å². The summed E-state index contributed by atoms with van der Waals surface area (Å²) in [6.07, 6.45) is 0. The molecule has 0 saturated carbocycles. The molecule has 0 aliphatic carbocycles. The monoisotopic (exact) mass is 382 g/mol. The largest absolute Gasteiger partial charge is 0.273 e. The van der Waals surface area contributed by atoms with E-state index in [4.69, 9.17) is 23.2 Å². The number of fused-ring (bicyclic) bond motifs is 1. The normalized spacial score (nSPS) is 10.6. The third-order valence-corrected chi connectivity index (χ3v) is 4.72. The van der Waals surface area contributed by atoms with E-state index < -0.39 is 10.8 Å². The van der Waals surface area contributed by atoms with Crippen LogP contribution in [0.25, 0.3) is 10.2 Å². The molecule has 0 spiro atoms. The number of rotatable bonds is 4. The predicted molar refractivity (Wildman–Crippen MR) is 93.8 cm³/mol. The van der Waals surface area contributed by atoms with E-state index >= 15 is 0 Å². The predicted octanol–water partition coefficient (Wildman–Crippen LogP) is 4.27. The van der Waals surface area contributed by atoms with Crippen LogP contribution in [0.5, 0.6) is 0 Å². The molecule has 0 fully saturated rings. The molecular formula is C14H8Cl2N4O3S. The summed E-state index contributed by atoms with van der Waals surface area (Å²) in [5.74, 6) is -0.418. The number of non-ortho nitro benzene ring substituents is 1. The Morgan fingerprint density at radius 3 is 2.67 bits per heavy atom. The van der Waals surface area contributed by atoms with E-state index in [0.29, 0.717) is 25.9 Å². The molecule has 0 radical (unpaired) electrons. The molecule has 10 heteroatoms. The van der Waals surface area contributed by atoms with Crippen molar-refractivity contribution in [2.75, 3.05) is 5.43 Å². The third kappa shape index (κ3) is 3.40. The highest BCUT2D eigenvalue weighted by Gasteiger charge is 2.12. The molecule has 0 aliphatic heterocycles. The number of nitro benzene ring substituents is 1. The Morgan fingerprint density at radius 2 is 1.96 bits per heavy atom. The smallest absolute Gasteiger partial charge is 0.270 e. The lowest BCUT2D eigenvalue weighted by molar-refractivity contribution is -0.384. The van der Waals surface area contributed by atoms with Gasteiger partial charge in [0, 0.05) is 17.7 Å². The van der Waals surface area contributed by atoms with E-state index in [0.717, 1.165) is 0 Å². The number of hydrogen-bond donors (Lipinski definition) is 2. The maximum Gasteiger partial charge on any atom is 0.270 e. The SMILES string of the molecule is O=C(NNc1nc2ccc([N+](=O)[O-])cc2s1)c1ccc(Cl)c(Cl)c1.